The van der Waals surface area contributed by atoms with Gasteiger partial charge in [0.05, 0.1) is 50.0 Å². The molecule has 2 heterocycles. The molecule has 6 rings (SSSR count). The Kier molecular flexibility index (Phi) is 12.9. The van der Waals surface area contributed by atoms with Crippen LogP contribution in [0.5, 0.6) is 5.75 Å². The molecule has 268 valence electrons. The number of morpholine rings is 1. The molecule has 0 saturated carbocycles. The SMILES string of the molecule is O=C(C[C@H]1CCCO1)N[C@@H](Cc1ccccc1)[C@@H](O)C[C@@H](Cc1ccc(OCCN2CCOCC2)cc1)C(=O)N[C@H]1c2ccccc2C[C@H]1O. The van der Waals surface area contributed by atoms with Gasteiger partial charge in [0.1, 0.15) is 12.4 Å². The van der Waals surface area contributed by atoms with Gasteiger partial charge >= 0.3 is 0 Å². The molecule has 3 aromatic carbocycles. The van der Waals surface area contributed by atoms with Crippen LogP contribution < -0.4 is 15.4 Å². The first-order chi connectivity index (χ1) is 24.4. The van der Waals surface area contributed by atoms with E-state index in [4.69, 9.17) is 14.2 Å². The number of carbonyl (C=O) groups is 2. The minimum absolute atomic E-state index is 0.116. The third-order valence-corrected chi connectivity index (χ3v) is 10.1. The third kappa shape index (κ3) is 10.1. The quantitative estimate of drug-likeness (QED) is 0.181. The van der Waals surface area contributed by atoms with Crippen molar-refractivity contribution in [2.45, 2.75) is 75.3 Å². The number of fused-ring (bicyclic) bond motifs is 1. The van der Waals surface area contributed by atoms with Gasteiger partial charge in [0.15, 0.2) is 0 Å². The molecule has 3 aromatic rings. The Morgan fingerprint density at radius 2 is 1.66 bits per heavy atom. The Morgan fingerprint density at radius 3 is 2.42 bits per heavy atom. The van der Waals surface area contributed by atoms with E-state index in [-0.39, 0.29) is 30.8 Å². The van der Waals surface area contributed by atoms with E-state index in [1.54, 1.807) is 0 Å². The lowest BCUT2D eigenvalue weighted by atomic mass is 9.88. The zero-order valence-electron chi connectivity index (χ0n) is 28.8. The predicted molar refractivity (Wildman–Crippen MR) is 190 cm³/mol. The molecule has 3 aliphatic rings. The summed E-state index contributed by atoms with van der Waals surface area (Å²) in [6, 6.07) is 24.1. The minimum atomic E-state index is -1.01. The van der Waals surface area contributed by atoms with Crippen molar-refractivity contribution in [1.82, 2.24) is 15.5 Å². The maximum Gasteiger partial charge on any atom is 0.224 e. The van der Waals surface area contributed by atoms with Crippen LogP contribution in [0.25, 0.3) is 0 Å². The second-order valence-corrected chi connectivity index (χ2v) is 13.8. The Bertz CT molecular complexity index is 1510. The summed E-state index contributed by atoms with van der Waals surface area (Å²) in [6.45, 7) is 5.38. The van der Waals surface area contributed by atoms with Crippen LogP contribution in [0.2, 0.25) is 0 Å². The van der Waals surface area contributed by atoms with Crippen LogP contribution in [0.15, 0.2) is 78.9 Å². The lowest BCUT2D eigenvalue weighted by molar-refractivity contribution is -0.128. The van der Waals surface area contributed by atoms with Crippen molar-refractivity contribution in [3.05, 3.63) is 101 Å². The number of hydrogen-bond donors (Lipinski definition) is 4. The number of benzene rings is 3. The van der Waals surface area contributed by atoms with Crippen molar-refractivity contribution in [1.29, 1.82) is 0 Å². The monoisotopic (exact) mass is 685 g/mol. The largest absolute Gasteiger partial charge is 0.492 e. The smallest absolute Gasteiger partial charge is 0.224 e. The van der Waals surface area contributed by atoms with Gasteiger partial charge in [-0.1, -0.05) is 66.7 Å². The molecule has 0 spiro atoms. The van der Waals surface area contributed by atoms with Crippen LogP contribution in [0.4, 0.5) is 0 Å². The molecule has 1 aliphatic carbocycles. The Morgan fingerprint density at radius 1 is 0.920 bits per heavy atom. The van der Waals surface area contributed by atoms with Gasteiger partial charge in [0.2, 0.25) is 11.8 Å². The second-order valence-electron chi connectivity index (χ2n) is 13.8. The molecule has 2 fully saturated rings. The first-order valence-corrected chi connectivity index (χ1v) is 18.1. The maximum atomic E-state index is 14.1. The van der Waals surface area contributed by atoms with Crippen LogP contribution >= 0.6 is 0 Å². The first kappa shape index (κ1) is 36.0. The Hall–Kier alpha value is -3.80. The standard InChI is InChI=1S/C40H51N3O7/c44-36(35(24-28-7-2-1-3-8-28)41-38(46)27-33-10-6-19-49-33)26-31(40(47)42-39-34-11-5-4-9-30(34)25-37(39)45)23-29-12-14-32(15-13-29)50-22-18-43-16-20-48-21-17-43/h1-5,7-9,11-15,31,33,35-37,39,44-45H,6,10,16-27H2,(H,41,46)(H,42,47)/t31-,33-,35+,36+,37-,39+/m1/s1. The summed E-state index contributed by atoms with van der Waals surface area (Å²) in [4.78, 5) is 29.6. The van der Waals surface area contributed by atoms with Crippen molar-refractivity contribution >= 4 is 11.8 Å². The molecule has 2 amide bonds. The van der Waals surface area contributed by atoms with Gasteiger partial charge in [-0.3, -0.25) is 14.5 Å². The van der Waals surface area contributed by atoms with Crippen molar-refractivity contribution in [2.24, 2.45) is 5.92 Å². The highest BCUT2D eigenvalue weighted by Crippen LogP contribution is 2.32. The zero-order chi connectivity index (χ0) is 34.7. The van der Waals surface area contributed by atoms with Crippen molar-refractivity contribution < 1.29 is 34.0 Å². The molecule has 10 heteroatoms. The molecular formula is C40H51N3O7. The van der Waals surface area contributed by atoms with Gasteiger partial charge in [-0.05, 0) is 66.5 Å². The second kappa shape index (κ2) is 17.9. The average Bonchev–Trinajstić information content (AvgIpc) is 3.76. The molecule has 0 aromatic heterocycles. The summed E-state index contributed by atoms with van der Waals surface area (Å²) in [5.74, 6) is -0.301. The highest BCUT2D eigenvalue weighted by molar-refractivity contribution is 5.80. The van der Waals surface area contributed by atoms with E-state index >= 15 is 0 Å². The summed E-state index contributed by atoms with van der Waals surface area (Å²) in [7, 11) is 0. The van der Waals surface area contributed by atoms with Crippen molar-refractivity contribution in [2.75, 3.05) is 46.1 Å². The van der Waals surface area contributed by atoms with Gasteiger partial charge < -0.3 is 35.1 Å². The number of aliphatic hydroxyl groups is 2. The predicted octanol–water partition coefficient (Wildman–Crippen LogP) is 3.38. The minimum Gasteiger partial charge on any atom is -0.492 e. The molecular weight excluding hydrogens is 634 g/mol. The summed E-state index contributed by atoms with van der Waals surface area (Å²) in [5.41, 5.74) is 3.83. The van der Waals surface area contributed by atoms with Gasteiger partial charge in [-0.25, -0.2) is 0 Å². The van der Waals surface area contributed by atoms with Crippen molar-refractivity contribution in [3.63, 3.8) is 0 Å². The number of ether oxygens (including phenoxy) is 3. The fourth-order valence-corrected chi connectivity index (χ4v) is 7.31. The lowest BCUT2D eigenvalue weighted by Crippen LogP contribution is -2.48. The topological polar surface area (TPSA) is 130 Å². The summed E-state index contributed by atoms with van der Waals surface area (Å²) < 4.78 is 17.1. The number of amides is 2. The third-order valence-electron chi connectivity index (χ3n) is 10.1. The van der Waals surface area contributed by atoms with Gasteiger partial charge in [-0.15, -0.1) is 0 Å². The van der Waals surface area contributed by atoms with E-state index in [0.717, 1.165) is 73.7 Å². The van der Waals surface area contributed by atoms with Gasteiger partial charge in [0, 0.05) is 38.6 Å². The number of nitrogens with zero attached hydrogens (tertiary/aromatic N) is 1. The van der Waals surface area contributed by atoms with Crippen LogP contribution in [-0.2, 0) is 38.3 Å². The number of nitrogens with one attached hydrogen (secondary N) is 2. The van der Waals surface area contributed by atoms with E-state index in [0.29, 0.717) is 32.5 Å². The Labute approximate surface area is 295 Å². The molecule has 2 aliphatic heterocycles. The number of rotatable bonds is 16. The zero-order valence-corrected chi connectivity index (χ0v) is 28.8. The average molecular weight is 686 g/mol. The highest BCUT2D eigenvalue weighted by Gasteiger charge is 2.35. The summed E-state index contributed by atoms with van der Waals surface area (Å²) in [5, 5.41) is 28.9. The fourth-order valence-electron chi connectivity index (χ4n) is 7.31. The van der Waals surface area contributed by atoms with Gasteiger partial charge in [0.25, 0.3) is 0 Å². The maximum absolute atomic E-state index is 14.1. The van der Waals surface area contributed by atoms with E-state index in [1.807, 2.05) is 78.9 Å². The molecule has 6 atom stereocenters. The molecule has 0 unspecified atom stereocenters. The van der Waals surface area contributed by atoms with Gasteiger partial charge in [-0.2, -0.15) is 0 Å². The van der Waals surface area contributed by atoms with E-state index in [9.17, 15) is 19.8 Å². The van der Waals surface area contributed by atoms with Crippen molar-refractivity contribution in [3.8, 4) is 5.75 Å². The van der Waals surface area contributed by atoms with E-state index in [2.05, 4.69) is 15.5 Å². The summed E-state index contributed by atoms with van der Waals surface area (Å²) in [6.07, 6.45) is 1.52. The van der Waals surface area contributed by atoms with E-state index in [1.165, 1.54) is 0 Å². The number of hydrogen-bond acceptors (Lipinski definition) is 8. The molecule has 4 N–H and O–H groups in total. The van der Waals surface area contributed by atoms with Crippen LogP contribution in [0.1, 0.15) is 54.0 Å². The number of aliphatic hydroxyl groups excluding tert-OH is 2. The normalized spacial score (nSPS) is 22.3. The van der Waals surface area contributed by atoms with Crippen LogP contribution in [0.3, 0.4) is 0 Å². The van der Waals surface area contributed by atoms with Crippen LogP contribution in [-0.4, -0.2) is 97.3 Å². The highest BCUT2D eigenvalue weighted by atomic mass is 16.5. The first-order valence-electron chi connectivity index (χ1n) is 18.1. The molecule has 0 bridgehead atoms. The Balaban J connectivity index is 1.16. The van der Waals surface area contributed by atoms with E-state index < -0.39 is 30.2 Å². The van der Waals surface area contributed by atoms with Crippen LogP contribution in [0, 0.1) is 5.92 Å². The lowest BCUT2D eigenvalue weighted by Gasteiger charge is -2.29. The molecule has 50 heavy (non-hydrogen) atoms. The number of carbonyl (C=O) groups excluding carboxylic acids is 2. The molecule has 10 nitrogen and oxygen atoms in total. The summed E-state index contributed by atoms with van der Waals surface area (Å²) >= 11 is 0. The molecule has 0 radical (unpaired) electrons. The fraction of sp³-hybridized carbons (Fsp3) is 0.500. The molecule has 2 saturated heterocycles.